The predicted octanol–water partition coefficient (Wildman–Crippen LogP) is 2.25. The summed E-state index contributed by atoms with van der Waals surface area (Å²) in [5.41, 5.74) is 2.39. The highest BCUT2D eigenvalue weighted by Gasteiger charge is 2.17. The molecule has 0 saturated carbocycles. The summed E-state index contributed by atoms with van der Waals surface area (Å²) in [4.78, 5) is 10.8. The lowest BCUT2D eigenvalue weighted by molar-refractivity contribution is -0.119. The molecular formula is C13H15NO2. The van der Waals surface area contributed by atoms with Gasteiger partial charge in [0.25, 0.3) is 0 Å². The molecule has 1 aromatic carbocycles. The van der Waals surface area contributed by atoms with Crippen molar-refractivity contribution in [3.63, 3.8) is 0 Å². The summed E-state index contributed by atoms with van der Waals surface area (Å²) in [5.74, 6) is -0.000336. The fraction of sp³-hybridized carbons (Fsp3) is 0.308. The molecule has 1 amide bonds. The van der Waals surface area contributed by atoms with E-state index in [2.05, 4.69) is 17.4 Å². The first kappa shape index (κ1) is 10.7. The van der Waals surface area contributed by atoms with Crippen LogP contribution >= 0.6 is 0 Å². The molecule has 0 spiro atoms. The van der Waals surface area contributed by atoms with E-state index in [0.29, 0.717) is 6.54 Å². The number of nitrogens with one attached hydrogen (secondary N) is 1. The first-order valence-corrected chi connectivity index (χ1v) is 5.43. The van der Waals surface area contributed by atoms with E-state index in [0.717, 1.165) is 6.42 Å². The van der Waals surface area contributed by atoms with Gasteiger partial charge in [-0.05, 0) is 17.2 Å². The van der Waals surface area contributed by atoms with Crippen molar-refractivity contribution in [2.24, 2.45) is 0 Å². The summed E-state index contributed by atoms with van der Waals surface area (Å²) in [6, 6.07) is 8.16. The van der Waals surface area contributed by atoms with Gasteiger partial charge in [0.2, 0.25) is 5.91 Å². The Labute approximate surface area is 95.1 Å². The predicted molar refractivity (Wildman–Crippen MR) is 62.6 cm³/mol. The van der Waals surface area contributed by atoms with Gasteiger partial charge in [-0.3, -0.25) is 4.79 Å². The number of amides is 1. The molecule has 0 saturated heterocycles. The Bertz CT molecular complexity index is 412. The van der Waals surface area contributed by atoms with Gasteiger partial charge in [-0.1, -0.05) is 24.3 Å². The molecule has 3 nitrogen and oxygen atoms in total. The average molecular weight is 217 g/mol. The number of rotatable bonds is 3. The fourth-order valence-corrected chi connectivity index (χ4v) is 1.84. The minimum Gasteiger partial charge on any atom is -0.493 e. The standard InChI is InChI=1S/C13H15NO2/c1-10(15)14-8-6-13-12-5-3-2-4-11(12)7-9-16-13/h2-5,7,9,13H,6,8H2,1H3,(H,14,15). The highest BCUT2D eigenvalue weighted by atomic mass is 16.5. The number of fused-ring (bicyclic) bond motifs is 1. The van der Waals surface area contributed by atoms with Gasteiger partial charge < -0.3 is 10.1 Å². The van der Waals surface area contributed by atoms with Crippen LogP contribution < -0.4 is 5.32 Å². The van der Waals surface area contributed by atoms with Gasteiger partial charge in [0.1, 0.15) is 6.10 Å². The van der Waals surface area contributed by atoms with Crippen molar-refractivity contribution in [3.8, 4) is 0 Å². The first-order valence-electron chi connectivity index (χ1n) is 5.43. The van der Waals surface area contributed by atoms with Crippen molar-refractivity contribution in [1.29, 1.82) is 0 Å². The van der Waals surface area contributed by atoms with E-state index in [1.54, 1.807) is 6.26 Å². The van der Waals surface area contributed by atoms with Gasteiger partial charge in [0.05, 0.1) is 6.26 Å². The van der Waals surface area contributed by atoms with Crippen LogP contribution in [0.4, 0.5) is 0 Å². The second-order valence-corrected chi connectivity index (χ2v) is 3.83. The zero-order valence-corrected chi connectivity index (χ0v) is 9.27. The summed E-state index contributed by atoms with van der Waals surface area (Å²) in [6.07, 6.45) is 4.53. The highest BCUT2D eigenvalue weighted by Crippen LogP contribution is 2.29. The SMILES string of the molecule is CC(=O)NCCC1OC=Cc2ccccc21. The Morgan fingerprint density at radius 2 is 2.25 bits per heavy atom. The summed E-state index contributed by atoms with van der Waals surface area (Å²) in [6.45, 7) is 2.16. The maximum atomic E-state index is 10.8. The Morgan fingerprint density at radius 1 is 1.44 bits per heavy atom. The molecule has 1 aromatic rings. The zero-order chi connectivity index (χ0) is 11.4. The number of ether oxygens (including phenoxy) is 1. The summed E-state index contributed by atoms with van der Waals surface area (Å²) >= 11 is 0. The smallest absolute Gasteiger partial charge is 0.216 e. The zero-order valence-electron chi connectivity index (χ0n) is 9.27. The van der Waals surface area contributed by atoms with E-state index in [-0.39, 0.29) is 12.0 Å². The largest absolute Gasteiger partial charge is 0.493 e. The average Bonchev–Trinajstić information content (AvgIpc) is 2.29. The molecular weight excluding hydrogens is 202 g/mol. The lowest BCUT2D eigenvalue weighted by Gasteiger charge is -2.22. The van der Waals surface area contributed by atoms with Crippen LogP contribution in [0.15, 0.2) is 30.5 Å². The number of carbonyl (C=O) groups excluding carboxylic acids is 1. The third-order valence-electron chi connectivity index (χ3n) is 2.61. The van der Waals surface area contributed by atoms with Gasteiger partial charge in [0, 0.05) is 19.9 Å². The van der Waals surface area contributed by atoms with Gasteiger partial charge >= 0.3 is 0 Å². The van der Waals surface area contributed by atoms with E-state index in [4.69, 9.17) is 4.74 Å². The molecule has 0 bridgehead atoms. The molecule has 1 aliphatic heterocycles. The van der Waals surface area contributed by atoms with E-state index < -0.39 is 0 Å². The summed E-state index contributed by atoms with van der Waals surface area (Å²) in [7, 11) is 0. The maximum Gasteiger partial charge on any atom is 0.216 e. The topological polar surface area (TPSA) is 38.3 Å². The number of hydrogen-bond donors (Lipinski definition) is 1. The van der Waals surface area contributed by atoms with Crippen molar-refractivity contribution in [2.75, 3.05) is 6.54 Å². The van der Waals surface area contributed by atoms with E-state index in [9.17, 15) is 4.79 Å². The Hall–Kier alpha value is -1.77. The molecule has 1 N–H and O–H groups in total. The molecule has 0 aliphatic carbocycles. The molecule has 1 unspecified atom stereocenters. The van der Waals surface area contributed by atoms with E-state index >= 15 is 0 Å². The van der Waals surface area contributed by atoms with Crippen LogP contribution in [0.5, 0.6) is 0 Å². The van der Waals surface area contributed by atoms with Gasteiger partial charge in [0.15, 0.2) is 0 Å². The number of carbonyl (C=O) groups is 1. The number of benzene rings is 1. The van der Waals surface area contributed by atoms with Crippen LogP contribution in [0.25, 0.3) is 6.08 Å². The van der Waals surface area contributed by atoms with Gasteiger partial charge in [-0.15, -0.1) is 0 Å². The first-order chi connectivity index (χ1) is 7.77. The third kappa shape index (κ3) is 2.42. The maximum absolute atomic E-state index is 10.8. The van der Waals surface area contributed by atoms with Crippen molar-refractivity contribution in [1.82, 2.24) is 5.32 Å². The summed E-state index contributed by atoms with van der Waals surface area (Å²) in [5, 5.41) is 2.78. The van der Waals surface area contributed by atoms with Crippen LogP contribution in [-0.2, 0) is 9.53 Å². The van der Waals surface area contributed by atoms with Crippen LogP contribution in [0.3, 0.4) is 0 Å². The lowest BCUT2D eigenvalue weighted by atomic mass is 9.98. The summed E-state index contributed by atoms with van der Waals surface area (Å²) < 4.78 is 5.55. The Balaban J connectivity index is 2.02. The minimum atomic E-state index is -0.000336. The molecule has 0 aromatic heterocycles. The third-order valence-corrected chi connectivity index (χ3v) is 2.61. The molecule has 0 radical (unpaired) electrons. The Morgan fingerprint density at radius 3 is 3.06 bits per heavy atom. The molecule has 2 rings (SSSR count). The molecule has 16 heavy (non-hydrogen) atoms. The number of hydrogen-bond acceptors (Lipinski definition) is 2. The Kier molecular flexibility index (Phi) is 3.25. The second-order valence-electron chi connectivity index (χ2n) is 3.83. The molecule has 1 atom stereocenters. The lowest BCUT2D eigenvalue weighted by Crippen LogP contribution is -2.23. The minimum absolute atomic E-state index is 0.000336. The van der Waals surface area contributed by atoms with Crippen LogP contribution in [-0.4, -0.2) is 12.5 Å². The van der Waals surface area contributed by atoms with Gasteiger partial charge in [-0.25, -0.2) is 0 Å². The van der Waals surface area contributed by atoms with Crippen molar-refractivity contribution in [3.05, 3.63) is 41.7 Å². The molecule has 1 heterocycles. The highest BCUT2D eigenvalue weighted by molar-refractivity contribution is 5.72. The van der Waals surface area contributed by atoms with E-state index in [1.165, 1.54) is 18.1 Å². The normalized spacial score (nSPS) is 17.4. The molecule has 0 fully saturated rings. The monoisotopic (exact) mass is 217 g/mol. The molecule has 84 valence electrons. The molecule has 1 aliphatic rings. The van der Waals surface area contributed by atoms with E-state index in [1.807, 2.05) is 18.2 Å². The van der Waals surface area contributed by atoms with Crippen LogP contribution in [0, 0.1) is 0 Å². The van der Waals surface area contributed by atoms with Crippen molar-refractivity contribution < 1.29 is 9.53 Å². The quantitative estimate of drug-likeness (QED) is 0.843. The van der Waals surface area contributed by atoms with Crippen LogP contribution in [0.2, 0.25) is 0 Å². The second kappa shape index (κ2) is 4.84. The van der Waals surface area contributed by atoms with Gasteiger partial charge in [-0.2, -0.15) is 0 Å². The van der Waals surface area contributed by atoms with Crippen LogP contribution in [0.1, 0.15) is 30.6 Å². The fourth-order valence-electron chi connectivity index (χ4n) is 1.84. The van der Waals surface area contributed by atoms with Crippen molar-refractivity contribution >= 4 is 12.0 Å². The van der Waals surface area contributed by atoms with Crippen molar-refractivity contribution in [2.45, 2.75) is 19.4 Å². The molecule has 3 heteroatoms.